The predicted octanol–water partition coefficient (Wildman–Crippen LogP) is 6.49. The van der Waals surface area contributed by atoms with Crippen LogP contribution in [0.25, 0.3) is 20.8 Å². The number of pyridine rings is 1. The van der Waals surface area contributed by atoms with Crippen LogP contribution in [-0.4, -0.2) is 10.9 Å². The van der Waals surface area contributed by atoms with Gasteiger partial charge in [0, 0.05) is 11.1 Å². The van der Waals surface area contributed by atoms with Gasteiger partial charge in [-0.25, -0.2) is 4.98 Å². The molecule has 30 heavy (non-hydrogen) atoms. The molecule has 0 aliphatic heterocycles. The normalized spacial score (nSPS) is 11.8. The maximum atomic E-state index is 13.8. The Morgan fingerprint density at radius 2 is 1.93 bits per heavy atom. The number of aryl methyl sites for hydroxylation is 2. The van der Waals surface area contributed by atoms with Crippen molar-refractivity contribution >= 4 is 50.2 Å². The lowest BCUT2D eigenvalue weighted by atomic mass is 10.1. The van der Waals surface area contributed by atoms with Crippen LogP contribution >= 0.6 is 22.7 Å². The van der Waals surface area contributed by atoms with E-state index in [1.807, 2.05) is 26.0 Å². The van der Waals surface area contributed by atoms with Crippen molar-refractivity contribution in [2.45, 2.75) is 20.0 Å². The molecule has 1 aromatic carbocycles. The Kier molecular flexibility index (Phi) is 5.03. The molecule has 3 N–H and O–H groups in total. The summed E-state index contributed by atoms with van der Waals surface area (Å²) in [5.41, 5.74) is 7.50. The monoisotopic (exact) mass is 447 g/mol. The molecule has 0 unspecified atom stereocenters. The highest BCUT2D eigenvalue weighted by atomic mass is 32.1. The molecule has 154 valence electrons. The third-order valence-electron chi connectivity index (χ3n) is 4.63. The van der Waals surface area contributed by atoms with Gasteiger partial charge in [0.05, 0.1) is 21.8 Å². The third kappa shape index (κ3) is 3.66. The van der Waals surface area contributed by atoms with Crippen LogP contribution in [0.1, 0.15) is 26.4 Å². The third-order valence-corrected chi connectivity index (χ3v) is 6.62. The quantitative estimate of drug-likeness (QED) is 0.377. The van der Waals surface area contributed by atoms with Crippen molar-refractivity contribution in [3.63, 3.8) is 0 Å². The molecule has 0 atom stereocenters. The number of nitrogens with one attached hydrogen (secondary N) is 1. The average molecular weight is 448 g/mol. The van der Waals surface area contributed by atoms with Crippen molar-refractivity contribution in [1.82, 2.24) is 4.98 Å². The number of nitrogens with two attached hydrogens (primary N) is 1. The van der Waals surface area contributed by atoms with Crippen molar-refractivity contribution in [1.29, 1.82) is 0 Å². The van der Waals surface area contributed by atoms with Gasteiger partial charge in [0.1, 0.15) is 9.71 Å². The van der Waals surface area contributed by atoms with Gasteiger partial charge in [-0.3, -0.25) is 4.79 Å². The largest absolute Gasteiger partial charge is 0.417 e. The fourth-order valence-electron chi connectivity index (χ4n) is 3.11. The number of alkyl halides is 3. The summed E-state index contributed by atoms with van der Waals surface area (Å²) in [6.07, 6.45) is -4.64. The number of fused-ring (bicyclic) bond motifs is 1. The van der Waals surface area contributed by atoms with E-state index in [9.17, 15) is 18.0 Å². The van der Waals surface area contributed by atoms with E-state index in [0.29, 0.717) is 10.6 Å². The summed E-state index contributed by atoms with van der Waals surface area (Å²) in [7, 11) is 0. The van der Waals surface area contributed by atoms with Gasteiger partial charge in [0.15, 0.2) is 0 Å². The second kappa shape index (κ2) is 7.41. The Balaban J connectivity index is 1.85. The summed E-state index contributed by atoms with van der Waals surface area (Å²) >= 11 is 2.15. The number of nitrogens with zero attached hydrogens (tertiary/aromatic N) is 1. The number of carbonyl (C=O) groups excluding carboxylic acids is 1. The van der Waals surface area contributed by atoms with Gasteiger partial charge < -0.3 is 11.1 Å². The second-order valence-electron chi connectivity index (χ2n) is 6.83. The summed E-state index contributed by atoms with van der Waals surface area (Å²) in [4.78, 5) is 17.9. The number of nitrogen functional groups attached to an aromatic ring is 1. The zero-order valence-corrected chi connectivity index (χ0v) is 17.6. The fraction of sp³-hybridized carbons (Fsp3) is 0.143. The summed E-state index contributed by atoms with van der Waals surface area (Å²) in [5, 5.41) is 4.28. The first kappa shape index (κ1) is 20.4. The smallest absolute Gasteiger partial charge is 0.397 e. The molecule has 0 saturated heterocycles. The molecule has 4 aromatic rings. The van der Waals surface area contributed by atoms with E-state index in [1.54, 1.807) is 23.6 Å². The Morgan fingerprint density at radius 1 is 1.17 bits per heavy atom. The molecule has 1 amide bonds. The van der Waals surface area contributed by atoms with E-state index in [-0.39, 0.29) is 26.5 Å². The highest BCUT2D eigenvalue weighted by Crippen LogP contribution is 2.44. The van der Waals surface area contributed by atoms with Crippen molar-refractivity contribution in [3.8, 4) is 10.6 Å². The number of halogens is 3. The van der Waals surface area contributed by atoms with E-state index >= 15 is 0 Å². The first-order chi connectivity index (χ1) is 14.1. The van der Waals surface area contributed by atoms with Crippen LogP contribution in [0.15, 0.2) is 41.8 Å². The Labute approximate surface area is 178 Å². The summed E-state index contributed by atoms with van der Waals surface area (Å²) in [6, 6.07) is 9.99. The highest BCUT2D eigenvalue weighted by molar-refractivity contribution is 7.21. The zero-order chi connectivity index (χ0) is 21.6. The molecule has 9 heteroatoms. The summed E-state index contributed by atoms with van der Waals surface area (Å²) in [5.74, 6) is -0.560. The highest BCUT2D eigenvalue weighted by Gasteiger charge is 2.36. The van der Waals surface area contributed by atoms with Crippen molar-refractivity contribution in [2.24, 2.45) is 0 Å². The number of thiophene rings is 2. The molecular formula is C21H16F3N3OS2. The van der Waals surface area contributed by atoms with Gasteiger partial charge in [-0.1, -0.05) is 18.2 Å². The van der Waals surface area contributed by atoms with Crippen molar-refractivity contribution in [2.75, 3.05) is 11.1 Å². The lowest BCUT2D eigenvalue weighted by Gasteiger charge is -2.11. The maximum Gasteiger partial charge on any atom is 0.417 e. The number of anilines is 2. The molecule has 3 aromatic heterocycles. The van der Waals surface area contributed by atoms with Gasteiger partial charge >= 0.3 is 6.18 Å². The molecule has 0 aliphatic carbocycles. The molecule has 0 aliphatic rings. The van der Waals surface area contributed by atoms with Crippen LogP contribution < -0.4 is 11.1 Å². The Morgan fingerprint density at radius 3 is 2.60 bits per heavy atom. The Hall–Kier alpha value is -2.91. The minimum Gasteiger partial charge on any atom is -0.397 e. The average Bonchev–Trinajstić information content (AvgIpc) is 3.32. The maximum absolute atomic E-state index is 13.8. The van der Waals surface area contributed by atoms with Gasteiger partial charge in [-0.15, -0.1) is 22.7 Å². The number of rotatable bonds is 3. The van der Waals surface area contributed by atoms with Crippen LogP contribution in [0, 0.1) is 13.8 Å². The van der Waals surface area contributed by atoms with Gasteiger partial charge in [-0.05, 0) is 48.6 Å². The zero-order valence-electron chi connectivity index (χ0n) is 15.9. The first-order valence-corrected chi connectivity index (χ1v) is 10.6. The molecule has 0 saturated carbocycles. The molecule has 0 bridgehead atoms. The second-order valence-corrected chi connectivity index (χ2v) is 8.77. The molecule has 0 spiro atoms. The minimum absolute atomic E-state index is 0.00670. The summed E-state index contributed by atoms with van der Waals surface area (Å²) in [6.45, 7) is 3.72. The molecule has 0 fully saturated rings. The standard InChI is InChI=1S/C21H16F3N3OS2/c1-10-5-6-11(2)13(8-10)26-19(28)18-17(25)16-12(21(22,23)24)9-14(27-20(16)30-18)15-4-3-7-29-15/h3-9H,25H2,1-2H3,(H,26,28). The summed E-state index contributed by atoms with van der Waals surface area (Å²) < 4.78 is 41.4. The number of carbonyl (C=O) groups is 1. The number of benzene rings is 1. The van der Waals surface area contributed by atoms with Gasteiger partial charge in [0.25, 0.3) is 5.91 Å². The van der Waals surface area contributed by atoms with Crippen molar-refractivity contribution < 1.29 is 18.0 Å². The molecule has 4 rings (SSSR count). The molecular weight excluding hydrogens is 431 g/mol. The molecule has 0 radical (unpaired) electrons. The number of aromatic nitrogens is 1. The van der Waals surface area contributed by atoms with Crippen LogP contribution in [0.2, 0.25) is 0 Å². The van der Waals surface area contributed by atoms with E-state index in [0.717, 1.165) is 28.5 Å². The lowest BCUT2D eigenvalue weighted by Crippen LogP contribution is -2.13. The topological polar surface area (TPSA) is 68.0 Å². The van der Waals surface area contributed by atoms with Crippen LogP contribution in [-0.2, 0) is 6.18 Å². The van der Waals surface area contributed by atoms with E-state index in [1.165, 1.54) is 11.3 Å². The lowest BCUT2D eigenvalue weighted by molar-refractivity contribution is -0.136. The van der Waals surface area contributed by atoms with Crippen LogP contribution in [0.3, 0.4) is 0 Å². The molecule has 4 nitrogen and oxygen atoms in total. The Bertz CT molecular complexity index is 1260. The van der Waals surface area contributed by atoms with E-state index in [4.69, 9.17) is 5.73 Å². The molecule has 3 heterocycles. The number of hydrogen-bond acceptors (Lipinski definition) is 5. The van der Waals surface area contributed by atoms with Crippen LogP contribution in [0.5, 0.6) is 0 Å². The first-order valence-electron chi connectivity index (χ1n) is 8.88. The number of hydrogen-bond donors (Lipinski definition) is 2. The van der Waals surface area contributed by atoms with Gasteiger partial charge in [-0.2, -0.15) is 13.2 Å². The van der Waals surface area contributed by atoms with Crippen molar-refractivity contribution in [3.05, 3.63) is 63.3 Å². The fourth-order valence-corrected chi connectivity index (χ4v) is 4.81. The SMILES string of the molecule is Cc1ccc(C)c(NC(=O)c2sc3nc(-c4cccs4)cc(C(F)(F)F)c3c2N)c1. The van der Waals surface area contributed by atoms with E-state index in [2.05, 4.69) is 10.3 Å². The number of amides is 1. The minimum atomic E-state index is -4.64. The predicted molar refractivity (Wildman–Crippen MR) is 116 cm³/mol. The van der Waals surface area contributed by atoms with Crippen LogP contribution in [0.4, 0.5) is 24.5 Å². The van der Waals surface area contributed by atoms with Gasteiger partial charge in [0.2, 0.25) is 0 Å². The van der Waals surface area contributed by atoms with E-state index < -0.39 is 17.6 Å².